The van der Waals surface area contributed by atoms with E-state index in [1.54, 1.807) is 12.4 Å². The molecule has 4 N–H and O–H groups in total. The molecule has 0 spiro atoms. The summed E-state index contributed by atoms with van der Waals surface area (Å²) in [6, 6.07) is 9.82. The van der Waals surface area contributed by atoms with Crippen molar-refractivity contribution in [2.45, 2.75) is 0 Å². The normalized spacial score (nSPS) is 10.5. The molecule has 3 rings (SSSR count). The standard InChI is InChI=1S/C13H11BrN6/c14-10-7-17-13(20-15)19-12(10)18-9-3-4-11-8(6-9)2-1-5-16-11/h1-7H,15H2,(H2,17,18,19,20). The average molecular weight is 331 g/mol. The van der Waals surface area contributed by atoms with Crippen molar-refractivity contribution in [2.24, 2.45) is 5.84 Å². The summed E-state index contributed by atoms with van der Waals surface area (Å²) in [5.74, 6) is 6.29. The van der Waals surface area contributed by atoms with E-state index < -0.39 is 0 Å². The number of halogens is 1. The quantitative estimate of drug-likeness (QED) is 0.505. The van der Waals surface area contributed by atoms with Crippen LogP contribution in [0.3, 0.4) is 0 Å². The van der Waals surface area contributed by atoms with Gasteiger partial charge in [-0.25, -0.2) is 10.8 Å². The molecule has 2 aromatic heterocycles. The monoisotopic (exact) mass is 330 g/mol. The molecule has 0 amide bonds. The van der Waals surface area contributed by atoms with Crippen LogP contribution in [0.5, 0.6) is 0 Å². The van der Waals surface area contributed by atoms with Gasteiger partial charge in [-0.2, -0.15) is 4.98 Å². The van der Waals surface area contributed by atoms with Gasteiger partial charge in [0.25, 0.3) is 0 Å². The van der Waals surface area contributed by atoms with Gasteiger partial charge in [0, 0.05) is 23.5 Å². The lowest BCUT2D eigenvalue weighted by atomic mass is 10.2. The van der Waals surface area contributed by atoms with Crippen molar-refractivity contribution in [1.82, 2.24) is 15.0 Å². The molecule has 0 saturated heterocycles. The minimum atomic E-state index is 0.346. The summed E-state index contributed by atoms with van der Waals surface area (Å²) >= 11 is 3.40. The van der Waals surface area contributed by atoms with Crippen molar-refractivity contribution in [1.29, 1.82) is 0 Å². The van der Waals surface area contributed by atoms with Crippen LogP contribution in [0.15, 0.2) is 47.2 Å². The van der Waals surface area contributed by atoms with Gasteiger partial charge in [0.2, 0.25) is 5.95 Å². The fraction of sp³-hybridized carbons (Fsp3) is 0. The molecule has 0 radical (unpaired) electrons. The third-order valence-corrected chi connectivity index (χ3v) is 3.32. The molecule has 7 heteroatoms. The predicted octanol–water partition coefficient (Wildman–Crippen LogP) is 2.82. The number of nitrogens with two attached hydrogens (primary N) is 1. The summed E-state index contributed by atoms with van der Waals surface area (Å²) in [6.45, 7) is 0. The summed E-state index contributed by atoms with van der Waals surface area (Å²) in [6.07, 6.45) is 3.41. The number of hydrazine groups is 1. The lowest BCUT2D eigenvalue weighted by Gasteiger charge is -2.09. The molecule has 2 heterocycles. The van der Waals surface area contributed by atoms with Crippen LogP contribution in [-0.4, -0.2) is 15.0 Å². The molecular weight excluding hydrogens is 320 g/mol. The number of nitrogen functional groups attached to an aromatic ring is 1. The number of pyridine rings is 1. The maximum absolute atomic E-state index is 5.31. The number of fused-ring (bicyclic) bond motifs is 1. The first-order valence-corrected chi connectivity index (χ1v) is 6.66. The van der Waals surface area contributed by atoms with Gasteiger partial charge in [-0.15, -0.1) is 0 Å². The Bertz CT molecular complexity index is 761. The second-order valence-electron chi connectivity index (χ2n) is 4.07. The maximum Gasteiger partial charge on any atom is 0.239 e. The smallest absolute Gasteiger partial charge is 0.239 e. The van der Waals surface area contributed by atoms with Crippen LogP contribution < -0.4 is 16.6 Å². The average Bonchev–Trinajstić information content (AvgIpc) is 2.49. The molecule has 0 atom stereocenters. The number of nitrogens with one attached hydrogen (secondary N) is 2. The Morgan fingerprint density at radius 1 is 1.15 bits per heavy atom. The fourth-order valence-electron chi connectivity index (χ4n) is 1.81. The van der Waals surface area contributed by atoms with E-state index in [0.29, 0.717) is 11.8 Å². The molecule has 20 heavy (non-hydrogen) atoms. The minimum Gasteiger partial charge on any atom is -0.339 e. The lowest BCUT2D eigenvalue weighted by Crippen LogP contribution is -2.11. The zero-order valence-corrected chi connectivity index (χ0v) is 11.9. The van der Waals surface area contributed by atoms with Gasteiger partial charge in [0.15, 0.2) is 0 Å². The first-order valence-electron chi connectivity index (χ1n) is 5.87. The fourth-order valence-corrected chi connectivity index (χ4v) is 2.10. The van der Waals surface area contributed by atoms with Gasteiger partial charge in [0.1, 0.15) is 5.82 Å². The topological polar surface area (TPSA) is 88.8 Å². The highest BCUT2D eigenvalue weighted by atomic mass is 79.9. The van der Waals surface area contributed by atoms with Gasteiger partial charge < -0.3 is 5.32 Å². The van der Waals surface area contributed by atoms with E-state index in [1.165, 1.54) is 0 Å². The van der Waals surface area contributed by atoms with E-state index in [-0.39, 0.29) is 0 Å². The second-order valence-corrected chi connectivity index (χ2v) is 4.92. The van der Waals surface area contributed by atoms with Crippen molar-refractivity contribution >= 4 is 44.3 Å². The summed E-state index contributed by atoms with van der Waals surface area (Å²) < 4.78 is 0.753. The highest BCUT2D eigenvalue weighted by Crippen LogP contribution is 2.25. The number of hydrogen-bond acceptors (Lipinski definition) is 6. The Morgan fingerprint density at radius 2 is 2.05 bits per heavy atom. The lowest BCUT2D eigenvalue weighted by molar-refractivity contribution is 1.11. The van der Waals surface area contributed by atoms with Crippen molar-refractivity contribution in [3.05, 3.63) is 47.2 Å². The number of benzene rings is 1. The van der Waals surface area contributed by atoms with Gasteiger partial charge in [-0.1, -0.05) is 6.07 Å². The zero-order chi connectivity index (χ0) is 13.9. The van der Waals surface area contributed by atoms with E-state index in [9.17, 15) is 0 Å². The third-order valence-electron chi connectivity index (χ3n) is 2.74. The van der Waals surface area contributed by atoms with Crippen LogP contribution in [0, 0.1) is 0 Å². The van der Waals surface area contributed by atoms with Crippen molar-refractivity contribution in [3.63, 3.8) is 0 Å². The van der Waals surface area contributed by atoms with E-state index in [1.807, 2.05) is 30.3 Å². The van der Waals surface area contributed by atoms with Crippen LogP contribution in [-0.2, 0) is 0 Å². The van der Waals surface area contributed by atoms with E-state index in [0.717, 1.165) is 21.1 Å². The highest BCUT2D eigenvalue weighted by molar-refractivity contribution is 9.10. The molecule has 0 aliphatic rings. The molecule has 100 valence electrons. The van der Waals surface area contributed by atoms with Crippen molar-refractivity contribution < 1.29 is 0 Å². The van der Waals surface area contributed by atoms with Crippen LogP contribution in [0.2, 0.25) is 0 Å². The Kier molecular flexibility index (Phi) is 3.44. The van der Waals surface area contributed by atoms with Crippen LogP contribution in [0.25, 0.3) is 10.9 Å². The van der Waals surface area contributed by atoms with Gasteiger partial charge in [-0.3, -0.25) is 10.4 Å². The molecule has 1 aromatic carbocycles. The Labute approximate surface area is 123 Å². The largest absolute Gasteiger partial charge is 0.339 e. The van der Waals surface area contributed by atoms with Crippen molar-refractivity contribution in [3.8, 4) is 0 Å². The molecule has 6 nitrogen and oxygen atoms in total. The molecule has 0 unspecified atom stereocenters. The van der Waals surface area contributed by atoms with Crippen molar-refractivity contribution in [2.75, 3.05) is 10.7 Å². The number of nitrogens with zero attached hydrogens (tertiary/aromatic N) is 3. The summed E-state index contributed by atoms with van der Waals surface area (Å²) in [5, 5.41) is 4.27. The molecule has 3 aromatic rings. The Hall–Kier alpha value is -2.25. The molecule has 0 fully saturated rings. The summed E-state index contributed by atoms with van der Waals surface area (Å²) in [7, 11) is 0. The number of aromatic nitrogens is 3. The predicted molar refractivity (Wildman–Crippen MR) is 82.6 cm³/mol. The molecule has 0 aliphatic carbocycles. The Morgan fingerprint density at radius 3 is 2.90 bits per heavy atom. The van der Waals surface area contributed by atoms with Gasteiger partial charge in [-0.05, 0) is 40.2 Å². The number of anilines is 3. The first-order chi connectivity index (χ1) is 9.76. The van der Waals surface area contributed by atoms with Gasteiger partial charge >= 0.3 is 0 Å². The first kappa shape index (κ1) is 12.8. The van der Waals surface area contributed by atoms with Crippen LogP contribution in [0.4, 0.5) is 17.5 Å². The van der Waals surface area contributed by atoms with E-state index in [4.69, 9.17) is 5.84 Å². The van der Waals surface area contributed by atoms with Gasteiger partial charge in [0.05, 0.1) is 9.99 Å². The molecule has 0 saturated carbocycles. The maximum atomic E-state index is 5.31. The summed E-state index contributed by atoms with van der Waals surface area (Å²) in [4.78, 5) is 12.5. The van der Waals surface area contributed by atoms with Crippen LogP contribution in [0.1, 0.15) is 0 Å². The molecule has 0 aliphatic heterocycles. The second kappa shape index (κ2) is 5.40. The molecule has 0 bridgehead atoms. The molecular formula is C13H11BrN6. The third kappa shape index (κ3) is 2.54. The SMILES string of the molecule is NNc1ncc(Br)c(Nc2ccc3ncccc3c2)n1. The number of rotatable bonds is 3. The summed E-state index contributed by atoms with van der Waals surface area (Å²) in [5.41, 5.74) is 4.28. The minimum absolute atomic E-state index is 0.346. The number of hydrogen-bond donors (Lipinski definition) is 3. The zero-order valence-electron chi connectivity index (χ0n) is 10.3. The Balaban J connectivity index is 1.96. The van der Waals surface area contributed by atoms with E-state index >= 15 is 0 Å². The van der Waals surface area contributed by atoms with E-state index in [2.05, 4.69) is 41.6 Å². The highest BCUT2D eigenvalue weighted by Gasteiger charge is 2.05. The van der Waals surface area contributed by atoms with Crippen LogP contribution >= 0.6 is 15.9 Å².